The Kier molecular flexibility index (Phi) is 4.02. The van der Waals surface area contributed by atoms with Gasteiger partial charge in [-0.25, -0.2) is 9.97 Å². The topological polar surface area (TPSA) is 76.1 Å². The molecule has 4 rings (SSSR count). The number of hydrogen-bond donors (Lipinski definition) is 1. The SMILES string of the molecule is Cc1ccc(N[C@@H]2CO[C@@]3(CCCN(c4ncccn4)C3)C2)nn1. The lowest BCUT2D eigenvalue weighted by atomic mass is 9.89. The first-order valence-corrected chi connectivity index (χ1v) is 8.45. The summed E-state index contributed by atoms with van der Waals surface area (Å²) < 4.78 is 6.23. The van der Waals surface area contributed by atoms with Gasteiger partial charge in [-0.15, -0.1) is 5.10 Å². The summed E-state index contributed by atoms with van der Waals surface area (Å²) in [5.74, 6) is 1.60. The van der Waals surface area contributed by atoms with Gasteiger partial charge in [0.15, 0.2) is 0 Å². The fraction of sp³-hybridized carbons (Fsp3) is 0.529. The summed E-state index contributed by atoms with van der Waals surface area (Å²) in [5, 5.41) is 11.7. The maximum Gasteiger partial charge on any atom is 0.225 e. The molecule has 4 heterocycles. The number of rotatable bonds is 3. The van der Waals surface area contributed by atoms with Crippen molar-refractivity contribution < 1.29 is 4.74 Å². The highest BCUT2D eigenvalue weighted by atomic mass is 16.5. The first-order chi connectivity index (χ1) is 11.7. The molecule has 0 aliphatic carbocycles. The van der Waals surface area contributed by atoms with Gasteiger partial charge in [-0.2, -0.15) is 5.10 Å². The Morgan fingerprint density at radius 3 is 2.92 bits per heavy atom. The van der Waals surface area contributed by atoms with Gasteiger partial charge in [0.1, 0.15) is 5.82 Å². The molecule has 7 nitrogen and oxygen atoms in total. The Balaban J connectivity index is 1.42. The van der Waals surface area contributed by atoms with Crippen LogP contribution in [0.4, 0.5) is 11.8 Å². The Morgan fingerprint density at radius 2 is 2.12 bits per heavy atom. The molecular weight excluding hydrogens is 304 g/mol. The molecule has 2 saturated heterocycles. The van der Waals surface area contributed by atoms with Crippen molar-refractivity contribution in [3.63, 3.8) is 0 Å². The van der Waals surface area contributed by atoms with Crippen LogP contribution in [0.3, 0.4) is 0 Å². The molecule has 0 unspecified atom stereocenters. The normalized spacial score (nSPS) is 26.7. The number of ether oxygens (including phenoxy) is 1. The van der Waals surface area contributed by atoms with Gasteiger partial charge >= 0.3 is 0 Å². The zero-order valence-corrected chi connectivity index (χ0v) is 13.9. The van der Waals surface area contributed by atoms with Crippen LogP contribution < -0.4 is 10.2 Å². The van der Waals surface area contributed by atoms with Crippen molar-refractivity contribution in [3.8, 4) is 0 Å². The van der Waals surface area contributed by atoms with Gasteiger partial charge in [-0.1, -0.05) is 0 Å². The fourth-order valence-electron chi connectivity index (χ4n) is 3.63. The van der Waals surface area contributed by atoms with E-state index in [2.05, 4.69) is 30.4 Å². The van der Waals surface area contributed by atoms with E-state index >= 15 is 0 Å². The summed E-state index contributed by atoms with van der Waals surface area (Å²) in [5.41, 5.74) is 0.804. The van der Waals surface area contributed by atoms with Crippen LogP contribution in [0.1, 0.15) is 25.0 Å². The largest absolute Gasteiger partial charge is 0.371 e. The molecule has 2 aromatic heterocycles. The number of hydrogen-bond acceptors (Lipinski definition) is 7. The summed E-state index contributed by atoms with van der Waals surface area (Å²) in [4.78, 5) is 11.0. The van der Waals surface area contributed by atoms with E-state index in [1.807, 2.05) is 25.1 Å². The van der Waals surface area contributed by atoms with Crippen molar-refractivity contribution >= 4 is 11.8 Å². The van der Waals surface area contributed by atoms with Crippen molar-refractivity contribution in [1.82, 2.24) is 20.2 Å². The molecule has 0 amide bonds. The summed E-state index contributed by atoms with van der Waals surface area (Å²) in [7, 11) is 0. The maximum atomic E-state index is 6.23. The van der Waals surface area contributed by atoms with E-state index in [1.165, 1.54) is 0 Å². The van der Waals surface area contributed by atoms with Crippen molar-refractivity contribution in [1.29, 1.82) is 0 Å². The average Bonchev–Trinajstić information content (AvgIpc) is 2.99. The third-order valence-electron chi connectivity index (χ3n) is 4.73. The number of nitrogens with zero attached hydrogens (tertiary/aromatic N) is 5. The van der Waals surface area contributed by atoms with Crippen LogP contribution in [-0.4, -0.2) is 51.5 Å². The second kappa shape index (κ2) is 6.32. The fourth-order valence-corrected chi connectivity index (χ4v) is 3.63. The van der Waals surface area contributed by atoms with Gasteiger partial charge in [0, 0.05) is 31.9 Å². The molecule has 0 bridgehead atoms. The second-order valence-corrected chi connectivity index (χ2v) is 6.67. The maximum absolute atomic E-state index is 6.23. The number of piperidine rings is 1. The number of aromatic nitrogens is 4. The average molecular weight is 326 g/mol. The molecule has 1 spiro atoms. The van der Waals surface area contributed by atoms with Gasteiger partial charge in [-0.3, -0.25) is 0 Å². The van der Waals surface area contributed by atoms with E-state index in [4.69, 9.17) is 4.74 Å². The lowest BCUT2D eigenvalue weighted by Gasteiger charge is -2.39. The molecule has 2 fully saturated rings. The predicted octanol–water partition coefficient (Wildman–Crippen LogP) is 1.82. The van der Waals surface area contributed by atoms with Crippen LogP contribution in [0.2, 0.25) is 0 Å². The summed E-state index contributed by atoms with van der Waals surface area (Å²) in [6.07, 6.45) is 6.72. The van der Waals surface area contributed by atoms with E-state index < -0.39 is 0 Å². The molecular formula is C17H22N6O. The van der Waals surface area contributed by atoms with E-state index in [0.717, 1.165) is 49.8 Å². The van der Waals surface area contributed by atoms with Crippen molar-refractivity contribution in [2.24, 2.45) is 0 Å². The molecule has 0 radical (unpaired) electrons. The molecule has 126 valence electrons. The number of anilines is 2. The Labute approximate surface area is 141 Å². The molecule has 0 saturated carbocycles. The third kappa shape index (κ3) is 3.17. The quantitative estimate of drug-likeness (QED) is 0.922. The van der Waals surface area contributed by atoms with Crippen LogP contribution in [-0.2, 0) is 4.74 Å². The van der Waals surface area contributed by atoms with E-state index in [-0.39, 0.29) is 11.6 Å². The minimum absolute atomic E-state index is 0.118. The highest BCUT2D eigenvalue weighted by molar-refractivity contribution is 5.36. The molecule has 24 heavy (non-hydrogen) atoms. The zero-order chi connectivity index (χ0) is 16.4. The van der Waals surface area contributed by atoms with Crippen LogP contribution in [0.15, 0.2) is 30.6 Å². The molecule has 2 atom stereocenters. The van der Waals surface area contributed by atoms with Crippen LogP contribution in [0.25, 0.3) is 0 Å². The van der Waals surface area contributed by atoms with Crippen LogP contribution in [0.5, 0.6) is 0 Å². The van der Waals surface area contributed by atoms with E-state index in [1.54, 1.807) is 12.4 Å². The number of nitrogens with one attached hydrogen (secondary N) is 1. The first kappa shape index (κ1) is 15.3. The Bertz CT molecular complexity index is 679. The van der Waals surface area contributed by atoms with Crippen LogP contribution >= 0.6 is 0 Å². The standard InChI is InChI=1S/C17H22N6O/c1-13-4-5-15(22-21-13)20-14-10-17(24-11-14)6-2-9-23(12-17)16-18-7-3-8-19-16/h3-5,7-8,14H,2,6,9-12H2,1H3,(H,20,22)/t14-,17-/m0/s1. The van der Waals surface area contributed by atoms with Gasteiger partial charge in [-0.05, 0) is 38.0 Å². The van der Waals surface area contributed by atoms with Crippen molar-refractivity contribution in [2.45, 2.75) is 37.8 Å². The van der Waals surface area contributed by atoms with Gasteiger partial charge in [0.2, 0.25) is 5.95 Å². The third-order valence-corrected chi connectivity index (χ3v) is 4.73. The highest BCUT2D eigenvalue weighted by Gasteiger charge is 2.44. The molecule has 2 aliphatic heterocycles. The first-order valence-electron chi connectivity index (χ1n) is 8.45. The second-order valence-electron chi connectivity index (χ2n) is 6.67. The van der Waals surface area contributed by atoms with E-state index in [9.17, 15) is 0 Å². The van der Waals surface area contributed by atoms with Crippen LogP contribution in [0, 0.1) is 6.92 Å². The Morgan fingerprint density at radius 1 is 1.25 bits per heavy atom. The summed E-state index contributed by atoms with van der Waals surface area (Å²) in [6.45, 7) is 4.46. The van der Waals surface area contributed by atoms with E-state index in [0.29, 0.717) is 6.61 Å². The summed E-state index contributed by atoms with van der Waals surface area (Å²) in [6, 6.07) is 6.05. The van der Waals surface area contributed by atoms with Crippen molar-refractivity contribution in [3.05, 3.63) is 36.3 Å². The highest BCUT2D eigenvalue weighted by Crippen LogP contribution is 2.36. The monoisotopic (exact) mass is 326 g/mol. The molecule has 0 aromatic carbocycles. The summed E-state index contributed by atoms with van der Waals surface area (Å²) >= 11 is 0. The minimum atomic E-state index is -0.118. The molecule has 2 aliphatic rings. The lowest BCUT2D eigenvalue weighted by Crippen LogP contribution is -2.48. The molecule has 7 heteroatoms. The Hall–Kier alpha value is -2.28. The van der Waals surface area contributed by atoms with Gasteiger partial charge in [0.25, 0.3) is 0 Å². The smallest absolute Gasteiger partial charge is 0.225 e. The molecule has 2 aromatic rings. The van der Waals surface area contributed by atoms with Crippen molar-refractivity contribution in [2.75, 3.05) is 29.9 Å². The zero-order valence-electron chi connectivity index (χ0n) is 13.9. The minimum Gasteiger partial charge on any atom is -0.371 e. The molecule has 1 N–H and O–H groups in total. The van der Waals surface area contributed by atoms with Gasteiger partial charge < -0.3 is 15.0 Å². The lowest BCUT2D eigenvalue weighted by molar-refractivity contribution is -0.00668. The predicted molar refractivity (Wildman–Crippen MR) is 91.0 cm³/mol. The van der Waals surface area contributed by atoms with Gasteiger partial charge in [0.05, 0.1) is 23.9 Å². The number of aryl methyl sites for hydroxylation is 1.